The zero-order chi connectivity index (χ0) is 8.97. The standard InChI is InChI=1S/C10H22N2/c1-3-5-9-6-4-7-12(2)10(9)8-11/h9-10H,3-8,11H2,1-2H3. The van der Waals surface area contributed by atoms with Gasteiger partial charge in [0.25, 0.3) is 0 Å². The first kappa shape index (κ1) is 10.0. The molecule has 2 atom stereocenters. The van der Waals surface area contributed by atoms with Crippen molar-refractivity contribution in [3.05, 3.63) is 0 Å². The fraction of sp³-hybridized carbons (Fsp3) is 1.00. The van der Waals surface area contributed by atoms with E-state index in [1.165, 1.54) is 32.2 Å². The summed E-state index contributed by atoms with van der Waals surface area (Å²) < 4.78 is 0. The summed E-state index contributed by atoms with van der Waals surface area (Å²) in [5.74, 6) is 0.860. The van der Waals surface area contributed by atoms with Gasteiger partial charge in [0.05, 0.1) is 0 Å². The summed E-state index contributed by atoms with van der Waals surface area (Å²) in [6, 6.07) is 0.652. The fourth-order valence-corrected chi connectivity index (χ4v) is 2.40. The van der Waals surface area contributed by atoms with Crippen LogP contribution in [0.1, 0.15) is 32.6 Å². The minimum Gasteiger partial charge on any atom is -0.329 e. The van der Waals surface area contributed by atoms with Crippen molar-refractivity contribution in [3.8, 4) is 0 Å². The molecule has 0 aliphatic carbocycles. The molecule has 1 rings (SSSR count). The lowest BCUT2D eigenvalue weighted by Gasteiger charge is -2.38. The summed E-state index contributed by atoms with van der Waals surface area (Å²) in [4.78, 5) is 2.43. The summed E-state index contributed by atoms with van der Waals surface area (Å²) in [5.41, 5.74) is 5.77. The molecule has 0 saturated carbocycles. The molecule has 1 aliphatic heterocycles. The van der Waals surface area contributed by atoms with Gasteiger partial charge in [-0.2, -0.15) is 0 Å². The maximum atomic E-state index is 5.77. The van der Waals surface area contributed by atoms with E-state index >= 15 is 0 Å². The predicted octanol–water partition coefficient (Wildman–Crippen LogP) is 1.46. The van der Waals surface area contributed by atoms with E-state index in [0.29, 0.717) is 6.04 Å². The van der Waals surface area contributed by atoms with Crippen LogP contribution in [0, 0.1) is 5.92 Å². The Balaban J connectivity index is 2.45. The Kier molecular flexibility index (Phi) is 4.02. The predicted molar refractivity (Wildman–Crippen MR) is 53.1 cm³/mol. The van der Waals surface area contributed by atoms with E-state index in [9.17, 15) is 0 Å². The van der Waals surface area contributed by atoms with Crippen LogP contribution < -0.4 is 5.73 Å². The molecular formula is C10H22N2. The number of rotatable bonds is 3. The van der Waals surface area contributed by atoms with Crippen molar-refractivity contribution in [2.45, 2.75) is 38.6 Å². The molecule has 0 aromatic heterocycles. The van der Waals surface area contributed by atoms with Gasteiger partial charge in [-0.05, 0) is 38.8 Å². The molecule has 0 aromatic carbocycles. The Morgan fingerprint density at radius 1 is 1.50 bits per heavy atom. The quantitative estimate of drug-likeness (QED) is 0.694. The lowest BCUT2D eigenvalue weighted by Crippen LogP contribution is -2.47. The van der Waals surface area contributed by atoms with Crippen LogP contribution >= 0.6 is 0 Å². The fourth-order valence-electron chi connectivity index (χ4n) is 2.40. The van der Waals surface area contributed by atoms with Gasteiger partial charge in [0.15, 0.2) is 0 Å². The molecule has 72 valence electrons. The lowest BCUT2D eigenvalue weighted by molar-refractivity contribution is 0.120. The molecule has 1 heterocycles. The first-order chi connectivity index (χ1) is 5.79. The van der Waals surface area contributed by atoms with Crippen LogP contribution in [0.25, 0.3) is 0 Å². The lowest BCUT2D eigenvalue weighted by atomic mass is 9.86. The first-order valence-electron chi connectivity index (χ1n) is 5.20. The Morgan fingerprint density at radius 2 is 2.25 bits per heavy atom. The van der Waals surface area contributed by atoms with Gasteiger partial charge < -0.3 is 10.6 Å². The zero-order valence-corrected chi connectivity index (χ0v) is 8.42. The monoisotopic (exact) mass is 170 g/mol. The summed E-state index contributed by atoms with van der Waals surface area (Å²) >= 11 is 0. The third-order valence-electron chi connectivity index (χ3n) is 3.10. The average molecular weight is 170 g/mol. The van der Waals surface area contributed by atoms with Gasteiger partial charge in [0.2, 0.25) is 0 Å². The number of likely N-dealkylation sites (tertiary alicyclic amines) is 1. The second-order valence-corrected chi connectivity index (χ2v) is 3.97. The Morgan fingerprint density at radius 3 is 2.83 bits per heavy atom. The van der Waals surface area contributed by atoms with Gasteiger partial charge in [0, 0.05) is 12.6 Å². The third kappa shape index (κ3) is 2.20. The van der Waals surface area contributed by atoms with Crippen LogP contribution in [-0.2, 0) is 0 Å². The SMILES string of the molecule is CCCC1CCCN(C)C1CN. The van der Waals surface area contributed by atoms with Gasteiger partial charge in [0.1, 0.15) is 0 Å². The van der Waals surface area contributed by atoms with E-state index in [1.54, 1.807) is 0 Å². The van der Waals surface area contributed by atoms with Gasteiger partial charge in [-0.1, -0.05) is 13.3 Å². The van der Waals surface area contributed by atoms with Crippen molar-refractivity contribution >= 4 is 0 Å². The number of hydrogen-bond donors (Lipinski definition) is 1. The molecule has 0 aromatic rings. The van der Waals surface area contributed by atoms with E-state index in [4.69, 9.17) is 5.73 Å². The molecule has 0 amide bonds. The van der Waals surface area contributed by atoms with Crippen molar-refractivity contribution in [2.24, 2.45) is 11.7 Å². The van der Waals surface area contributed by atoms with Crippen LogP contribution in [0.2, 0.25) is 0 Å². The van der Waals surface area contributed by atoms with Crippen LogP contribution in [0.4, 0.5) is 0 Å². The Hall–Kier alpha value is -0.0800. The summed E-state index contributed by atoms with van der Waals surface area (Å²) in [6.45, 7) is 4.34. The van der Waals surface area contributed by atoms with Gasteiger partial charge >= 0.3 is 0 Å². The molecule has 0 radical (unpaired) electrons. The van der Waals surface area contributed by atoms with Crippen molar-refractivity contribution < 1.29 is 0 Å². The average Bonchev–Trinajstić information content (AvgIpc) is 2.05. The summed E-state index contributed by atoms with van der Waals surface area (Å²) in [7, 11) is 2.21. The number of piperidine rings is 1. The number of hydrogen-bond acceptors (Lipinski definition) is 2. The van der Waals surface area contributed by atoms with Gasteiger partial charge in [-0.25, -0.2) is 0 Å². The van der Waals surface area contributed by atoms with Gasteiger partial charge in [-0.3, -0.25) is 0 Å². The second-order valence-electron chi connectivity index (χ2n) is 3.97. The van der Waals surface area contributed by atoms with Crippen molar-refractivity contribution in [2.75, 3.05) is 20.1 Å². The van der Waals surface area contributed by atoms with Gasteiger partial charge in [-0.15, -0.1) is 0 Å². The van der Waals surface area contributed by atoms with E-state index in [0.717, 1.165) is 12.5 Å². The van der Waals surface area contributed by atoms with E-state index in [-0.39, 0.29) is 0 Å². The molecule has 1 aliphatic rings. The first-order valence-corrected chi connectivity index (χ1v) is 5.20. The van der Waals surface area contributed by atoms with Crippen molar-refractivity contribution in [3.63, 3.8) is 0 Å². The molecule has 2 nitrogen and oxygen atoms in total. The molecule has 1 saturated heterocycles. The van der Waals surface area contributed by atoms with Crippen molar-refractivity contribution in [1.82, 2.24) is 4.90 Å². The highest BCUT2D eigenvalue weighted by Crippen LogP contribution is 2.25. The van der Waals surface area contributed by atoms with E-state index in [2.05, 4.69) is 18.9 Å². The highest BCUT2D eigenvalue weighted by molar-refractivity contribution is 4.82. The van der Waals surface area contributed by atoms with E-state index in [1.807, 2.05) is 0 Å². The van der Waals surface area contributed by atoms with Crippen molar-refractivity contribution in [1.29, 1.82) is 0 Å². The van der Waals surface area contributed by atoms with E-state index < -0.39 is 0 Å². The molecule has 2 unspecified atom stereocenters. The normalized spacial score (nSPS) is 32.2. The third-order valence-corrected chi connectivity index (χ3v) is 3.10. The Labute approximate surface area is 76.1 Å². The summed E-state index contributed by atoms with van der Waals surface area (Å²) in [6.07, 6.45) is 5.40. The largest absolute Gasteiger partial charge is 0.329 e. The number of likely N-dealkylation sites (N-methyl/N-ethyl adjacent to an activating group) is 1. The molecule has 1 fully saturated rings. The number of nitrogens with zero attached hydrogens (tertiary/aromatic N) is 1. The number of nitrogens with two attached hydrogens (primary N) is 1. The highest BCUT2D eigenvalue weighted by atomic mass is 15.1. The minimum atomic E-state index is 0.652. The summed E-state index contributed by atoms with van der Waals surface area (Å²) in [5, 5.41) is 0. The maximum absolute atomic E-state index is 5.77. The van der Waals surface area contributed by atoms with Crippen LogP contribution in [0.15, 0.2) is 0 Å². The topological polar surface area (TPSA) is 29.3 Å². The second kappa shape index (κ2) is 4.83. The maximum Gasteiger partial charge on any atom is 0.0243 e. The molecule has 2 heteroatoms. The molecule has 2 N–H and O–H groups in total. The molecule has 0 spiro atoms. The molecular weight excluding hydrogens is 148 g/mol. The highest BCUT2D eigenvalue weighted by Gasteiger charge is 2.26. The van der Waals surface area contributed by atoms with Crippen LogP contribution in [0.3, 0.4) is 0 Å². The smallest absolute Gasteiger partial charge is 0.0243 e. The minimum absolute atomic E-state index is 0.652. The Bertz CT molecular complexity index is 123. The van der Waals surface area contributed by atoms with Crippen LogP contribution in [-0.4, -0.2) is 31.1 Å². The molecule has 12 heavy (non-hydrogen) atoms. The molecule has 0 bridgehead atoms. The zero-order valence-electron chi connectivity index (χ0n) is 8.42. The van der Waals surface area contributed by atoms with Crippen LogP contribution in [0.5, 0.6) is 0 Å².